The standard InChI is InChI=1S/C23H29ClN2O3/c1-15(2)25-23(28)18(5)26(13-19-9-7-6-8-10-19)21(27)14-29-20-11-16(3)22(24)17(4)12-20/h6-12,15,18H,13-14H2,1-5H3,(H,25,28). The smallest absolute Gasteiger partial charge is 0.261 e. The molecule has 6 heteroatoms. The van der Waals surface area contributed by atoms with Crippen molar-refractivity contribution in [2.24, 2.45) is 0 Å². The van der Waals surface area contributed by atoms with E-state index in [2.05, 4.69) is 5.32 Å². The summed E-state index contributed by atoms with van der Waals surface area (Å²) in [6.07, 6.45) is 0. The highest BCUT2D eigenvalue weighted by Crippen LogP contribution is 2.26. The van der Waals surface area contributed by atoms with Crippen LogP contribution in [0.3, 0.4) is 0 Å². The Balaban J connectivity index is 2.16. The van der Waals surface area contributed by atoms with Crippen LogP contribution in [-0.4, -0.2) is 35.4 Å². The summed E-state index contributed by atoms with van der Waals surface area (Å²) in [7, 11) is 0. The van der Waals surface area contributed by atoms with E-state index in [9.17, 15) is 9.59 Å². The third-order valence-corrected chi connectivity index (χ3v) is 5.16. The third-order valence-electron chi connectivity index (χ3n) is 4.57. The number of nitrogens with zero attached hydrogens (tertiary/aromatic N) is 1. The Morgan fingerprint density at radius 3 is 2.21 bits per heavy atom. The molecule has 2 rings (SSSR count). The minimum atomic E-state index is -0.623. The van der Waals surface area contributed by atoms with Gasteiger partial charge in [0.2, 0.25) is 5.91 Å². The quantitative estimate of drug-likeness (QED) is 0.698. The number of aryl methyl sites for hydroxylation is 2. The van der Waals surface area contributed by atoms with E-state index in [0.717, 1.165) is 16.7 Å². The largest absolute Gasteiger partial charge is 0.484 e. The van der Waals surface area contributed by atoms with Gasteiger partial charge in [-0.2, -0.15) is 0 Å². The van der Waals surface area contributed by atoms with Gasteiger partial charge in [0.1, 0.15) is 11.8 Å². The average Bonchev–Trinajstić information content (AvgIpc) is 2.68. The van der Waals surface area contributed by atoms with E-state index in [-0.39, 0.29) is 24.5 Å². The molecule has 0 spiro atoms. The molecule has 0 bridgehead atoms. The molecule has 0 aliphatic rings. The van der Waals surface area contributed by atoms with Gasteiger partial charge in [-0.05, 0) is 63.4 Å². The van der Waals surface area contributed by atoms with E-state index < -0.39 is 6.04 Å². The number of benzene rings is 2. The number of hydrogen-bond donors (Lipinski definition) is 1. The van der Waals surface area contributed by atoms with Gasteiger partial charge in [0.25, 0.3) is 5.91 Å². The van der Waals surface area contributed by atoms with Crippen LogP contribution in [0.4, 0.5) is 0 Å². The van der Waals surface area contributed by atoms with Crippen LogP contribution in [0.5, 0.6) is 5.75 Å². The van der Waals surface area contributed by atoms with Crippen molar-refractivity contribution in [3.05, 3.63) is 64.2 Å². The lowest BCUT2D eigenvalue weighted by molar-refractivity contribution is -0.142. The highest BCUT2D eigenvalue weighted by atomic mass is 35.5. The van der Waals surface area contributed by atoms with Crippen molar-refractivity contribution in [2.75, 3.05) is 6.61 Å². The normalized spacial score (nSPS) is 11.8. The van der Waals surface area contributed by atoms with Crippen molar-refractivity contribution >= 4 is 23.4 Å². The van der Waals surface area contributed by atoms with Gasteiger partial charge in [-0.25, -0.2) is 0 Å². The lowest BCUT2D eigenvalue weighted by Gasteiger charge is -2.29. The maximum Gasteiger partial charge on any atom is 0.261 e. The van der Waals surface area contributed by atoms with Crippen LogP contribution in [0.1, 0.15) is 37.5 Å². The predicted octanol–water partition coefficient (Wildman–Crippen LogP) is 4.28. The maximum absolute atomic E-state index is 13.0. The number of nitrogens with one attached hydrogen (secondary N) is 1. The van der Waals surface area contributed by atoms with Crippen molar-refractivity contribution < 1.29 is 14.3 Å². The third kappa shape index (κ3) is 6.50. The molecule has 2 aromatic rings. The number of amides is 2. The van der Waals surface area contributed by atoms with Gasteiger partial charge in [0.05, 0.1) is 0 Å². The van der Waals surface area contributed by atoms with Crippen molar-refractivity contribution in [1.82, 2.24) is 10.2 Å². The summed E-state index contributed by atoms with van der Waals surface area (Å²) in [5.41, 5.74) is 2.73. The number of carbonyl (C=O) groups is 2. The zero-order chi connectivity index (χ0) is 21.6. The summed E-state index contributed by atoms with van der Waals surface area (Å²) in [4.78, 5) is 27.1. The molecule has 0 aliphatic heterocycles. The lowest BCUT2D eigenvalue weighted by Crippen LogP contribution is -2.50. The van der Waals surface area contributed by atoms with Crippen LogP contribution < -0.4 is 10.1 Å². The van der Waals surface area contributed by atoms with Gasteiger partial charge in [-0.15, -0.1) is 0 Å². The molecule has 29 heavy (non-hydrogen) atoms. The van der Waals surface area contributed by atoms with Crippen LogP contribution in [0.25, 0.3) is 0 Å². The molecule has 0 saturated carbocycles. The maximum atomic E-state index is 13.0. The fourth-order valence-corrected chi connectivity index (χ4v) is 3.09. The monoisotopic (exact) mass is 416 g/mol. The first-order chi connectivity index (χ1) is 13.7. The van der Waals surface area contributed by atoms with E-state index in [1.807, 2.05) is 58.0 Å². The molecular weight excluding hydrogens is 388 g/mol. The summed E-state index contributed by atoms with van der Waals surface area (Å²) < 4.78 is 5.73. The average molecular weight is 417 g/mol. The van der Waals surface area contributed by atoms with Crippen LogP contribution in [0.15, 0.2) is 42.5 Å². The summed E-state index contributed by atoms with van der Waals surface area (Å²) in [6.45, 7) is 9.47. The van der Waals surface area contributed by atoms with Gasteiger partial charge < -0.3 is 15.0 Å². The van der Waals surface area contributed by atoms with E-state index in [1.165, 1.54) is 0 Å². The summed E-state index contributed by atoms with van der Waals surface area (Å²) in [5, 5.41) is 3.56. The predicted molar refractivity (Wildman–Crippen MR) is 116 cm³/mol. The molecule has 0 aromatic heterocycles. The second-order valence-electron chi connectivity index (χ2n) is 7.51. The number of rotatable bonds is 8. The van der Waals surface area contributed by atoms with Gasteiger partial charge >= 0.3 is 0 Å². The Morgan fingerprint density at radius 1 is 1.07 bits per heavy atom. The second kappa shape index (κ2) is 10.3. The van der Waals surface area contributed by atoms with Crippen molar-refractivity contribution in [1.29, 1.82) is 0 Å². The molecule has 1 atom stereocenters. The van der Waals surface area contributed by atoms with E-state index in [1.54, 1.807) is 24.0 Å². The lowest BCUT2D eigenvalue weighted by atomic mass is 10.1. The first-order valence-corrected chi connectivity index (χ1v) is 10.1. The molecule has 0 heterocycles. The van der Waals surface area contributed by atoms with E-state index in [4.69, 9.17) is 16.3 Å². The molecule has 0 aliphatic carbocycles. The molecule has 1 unspecified atom stereocenters. The molecule has 0 saturated heterocycles. The number of carbonyl (C=O) groups excluding carboxylic acids is 2. The van der Waals surface area contributed by atoms with Gasteiger partial charge in [0, 0.05) is 17.6 Å². The Morgan fingerprint density at radius 2 is 1.66 bits per heavy atom. The number of ether oxygens (including phenoxy) is 1. The van der Waals surface area contributed by atoms with Crippen molar-refractivity contribution in [2.45, 2.75) is 53.2 Å². The number of halogens is 1. The fraction of sp³-hybridized carbons (Fsp3) is 0.391. The topological polar surface area (TPSA) is 58.6 Å². The summed E-state index contributed by atoms with van der Waals surface area (Å²) >= 11 is 6.20. The van der Waals surface area contributed by atoms with E-state index in [0.29, 0.717) is 17.3 Å². The van der Waals surface area contributed by atoms with Gasteiger partial charge in [0.15, 0.2) is 6.61 Å². The first-order valence-electron chi connectivity index (χ1n) is 9.72. The Labute approximate surface area is 178 Å². The van der Waals surface area contributed by atoms with Gasteiger partial charge in [-0.3, -0.25) is 9.59 Å². The van der Waals surface area contributed by atoms with Crippen LogP contribution in [0.2, 0.25) is 5.02 Å². The Bertz CT molecular complexity index is 829. The van der Waals surface area contributed by atoms with Gasteiger partial charge in [-0.1, -0.05) is 41.9 Å². The molecule has 0 radical (unpaired) electrons. The minimum Gasteiger partial charge on any atom is -0.484 e. The first kappa shape index (κ1) is 22.8. The zero-order valence-corrected chi connectivity index (χ0v) is 18.4. The molecule has 2 aromatic carbocycles. The molecule has 5 nitrogen and oxygen atoms in total. The number of hydrogen-bond acceptors (Lipinski definition) is 3. The second-order valence-corrected chi connectivity index (χ2v) is 7.88. The molecule has 156 valence electrons. The fourth-order valence-electron chi connectivity index (χ4n) is 2.99. The highest BCUT2D eigenvalue weighted by molar-refractivity contribution is 6.32. The zero-order valence-electron chi connectivity index (χ0n) is 17.7. The molecule has 1 N–H and O–H groups in total. The SMILES string of the molecule is Cc1cc(OCC(=O)N(Cc2ccccc2)C(C)C(=O)NC(C)C)cc(C)c1Cl. The van der Waals surface area contributed by atoms with Crippen LogP contribution >= 0.6 is 11.6 Å². The molecular formula is C23H29ClN2O3. The van der Waals surface area contributed by atoms with Crippen molar-refractivity contribution in [3.63, 3.8) is 0 Å². The molecule has 2 amide bonds. The van der Waals surface area contributed by atoms with Crippen molar-refractivity contribution in [3.8, 4) is 5.75 Å². The minimum absolute atomic E-state index is 0.00473. The summed E-state index contributed by atoms with van der Waals surface area (Å²) in [5.74, 6) is 0.129. The Kier molecular flexibility index (Phi) is 8.09. The summed E-state index contributed by atoms with van der Waals surface area (Å²) in [6, 6.07) is 12.6. The highest BCUT2D eigenvalue weighted by Gasteiger charge is 2.26. The Hall–Kier alpha value is -2.53. The van der Waals surface area contributed by atoms with Crippen LogP contribution in [-0.2, 0) is 16.1 Å². The van der Waals surface area contributed by atoms with Crippen LogP contribution in [0, 0.1) is 13.8 Å². The van der Waals surface area contributed by atoms with E-state index >= 15 is 0 Å². The molecule has 0 fully saturated rings.